The number of aromatic amines is 1. The van der Waals surface area contributed by atoms with E-state index in [1.807, 2.05) is 30.5 Å². The van der Waals surface area contributed by atoms with Crippen LogP contribution in [-0.2, 0) is 16.4 Å². The van der Waals surface area contributed by atoms with Crippen LogP contribution < -0.4 is 4.72 Å². The van der Waals surface area contributed by atoms with Crippen LogP contribution in [0.4, 0.5) is 0 Å². The van der Waals surface area contributed by atoms with Gasteiger partial charge in [-0.05, 0) is 24.1 Å². The molecule has 0 bridgehead atoms. The van der Waals surface area contributed by atoms with E-state index >= 15 is 0 Å². The predicted molar refractivity (Wildman–Crippen MR) is 87.5 cm³/mol. The Balaban J connectivity index is 1.73. The summed E-state index contributed by atoms with van der Waals surface area (Å²) in [6.45, 7) is 0. The van der Waals surface area contributed by atoms with Gasteiger partial charge in [0, 0.05) is 22.7 Å². The Hall–Kier alpha value is -2.15. The largest absolute Gasteiger partial charge is 0.387 e. The molecule has 6 heteroatoms. The molecule has 3 aromatic rings. The molecule has 1 aromatic heterocycles. The van der Waals surface area contributed by atoms with E-state index < -0.39 is 22.2 Å². The van der Waals surface area contributed by atoms with E-state index in [4.69, 9.17) is 0 Å². The molecule has 0 radical (unpaired) electrons. The number of aromatic nitrogens is 1. The molecule has 0 amide bonds. The minimum Gasteiger partial charge on any atom is -0.387 e. The molecule has 0 spiro atoms. The first-order chi connectivity index (χ1) is 11.1. The van der Waals surface area contributed by atoms with Crippen LogP contribution in [-0.4, -0.2) is 24.6 Å². The van der Waals surface area contributed by atoms with Crippen LogP contribution in [0.15, 0.2) is 59.6 Å². The second-order valence-electron chi connectivity index (χ2n) is 5.77. The summed E-state index contributed by atoms with van der Waals surface area (Å²) in [4.78, 5) is 3.33. The second kappa shape index (κ2) is 5.19. The fraction of sp³-hybridized carbons (Fsp3) is 0.176. The molecule has 2 aromatic carbocycles. The number of rotatable bonds is 2. The molecule has 0 fully saturated rings. The second-order valence-corrected chi connectivity index (χ2v) is 7.46. The normalized spacial score (nSPS) is 22.8. The first-order valence-electron chi connectivity index (χ1n) is 7.40. The van der Waals surface area contributed by atoms with Crippen LogP contribution in [0.25, 0.3) is 10.9 Å². The minimum absolute atomic E-state index is 0.155. The van der Waals surface area contributed by atoms with Crippen LogP contribution in [0, 0.1) is 0 Å². The highest BCUT2D eigenvalue weighted by Gasteiger charge is 2.36. The van der Waals surface area contributed by atoms with Crippen molar-refractivity contribution in [3.8, 4) is 0 Å². The van der Waals surface area contributed by atoms with Gasteiger partial charge in [0.2, 0.25) is 10.0 Å². The van der Waals surface area contributed by atoms with Gasteiger partial charge in [0.25, 0.3) is 0 Å². The number of aliphatic hydroxyl groups is 1. The number of aliphatic hydroxyl groups excluding tert-OH is 1. The molecule has 3 N–H and O–H groups in total. The summed E-state index contributed by atoms with van der Waals surface area (Å²) in [5, 5.41) is 11.6. The number of sulfonamides is 1. The van der Waals surface area contributed by atoms with Gasteiger partial charge in [-0.15, -0.1) is 0 Å². The third kappa shape index (κ3) is 2.35. The van der Waals surface area contributed by atoms with E-state index in [-0.39, 0.29) is 4.90 Å². The van der Waals surface area contributed by atoms with Crippen LogP contribution >= 0.6 is 0 Å². The van der Waals surface area contributed by atoms with E-state index in [0.717, 1.165) is 16.5 Å². The Labute approximate surface area is 134 Å². The van der Waals surface area contributed by atoms with Crippen molar-refractivity contribution >= 4 is 20.9 Å². The van der Waals surface area contributed by atoms with Crippen LogP contribution in [0.3, 0.4) is 0 Å². The van der Waals surface area contributed by atoms with Gasteiger partial charge in [0.1, 0.15) is 0 Å². The quantitative estimate of drug-likeness (QED) is 0.674. The fourth-order valence-electron chi connectivity index (χ4n) is 3.20. The number of benzene rings is 2. The SMILES string of the molecule is O=S1(=O)N[C@H](Cc2c[nH]c3ccccc23)[C@@H](O)c2ccccc21. The summed E-state index contributed by atoms with van der Waals surface area (Å²) in [6, 6.07) is 13.8. The Bertz CT molecular complexity index is 978. The van der Waals surface area contributed by atoms with Gasteiger partial charge in [-0.2, -0.15) is 0 Å². The molecule has 2 heterocycles. The van der Waals surface area contributed by atoms with Crippen molar-refractivity contribution in [2.24, 2.45) is 0 Å². The molecule has 0 aliphatic carbocycles. The van der Waals surface area contributed by atoms with Gasteiger partial charge in [-0.1, -0.05) is 36.4 Å². The zero-order valence-corrected chi connectivity index (χ0v) is 13.0. The van der Waals surface area contributed by atoms with E-state index in [1.54, 1.807) is 18.2 Å². The molecule has 0 unspecified atom stereocenters. The average Bonchev–Trinajstić information content (AvgIpc) is 2.96. The lowest BCUT2D eigenvalue weighted by Crippen LogP contribution is -2.45. The number of para-hydroxylation sites is 1. The molecular formula is C17H16N2O3S. The summed E-state index contributed by atoms with van der Waals surface area (Å²) in [7, 11) is -3.60. The Morgan fingerprint density at radius 1 is 1.04 bits per heavy atom. The maximum atomic E-state index is 12.4. The summed E-state index contributed by atoms with van der Waals surface area (Å²) in [5.74, 6) is 0. The van der Waals surface area contributed by atoms with Crippen LogP contribution in [0.1, 0.15) is 17.2 Å². The lowest BCUT2D eigenvalue weighted by atomic mass is 9.96. The predicted octanol–water partition coefficient (Wildman–Crippen LogP) is 2.10. The van der Waals surface area contributed by atoms with Gasteiger partial charge in [-0.25, -0.2) is 13.1 Å². The van der Waals surface area contributed by atoms with Gasteiger partial charge < -0.3 is 10.1 Å². The number of hydrogen-bond acceptors (Lipinski definition) is 3. The zero-order chi connectivity index (χ0) is 16.0. The van der Waals surface area contributed by atoms with Crippen molar-refractivity contribution < 1.29 is 13.5 Å². The molecule has 4 rings (SSSR count). The van der Waals surface area contributed by atoms with Gasteiger partial charge >= 0.3 is 0 Å². The van der Waals surface area contributed by atoms with Crippen molar-refractivity contribution in [3.63, 3.8) is 0 Å². The minimum atomic E-state index is -3.60. The van der Waals surface area contributed by atoms with Crippen molar-refractivity contribution in [1.82, 2.24) is 9.71 Å². The van der Waals surface area contributed by atoms with Gasteiger partial charge in [0.05, 0.1) is 17.0 Å². The zero-order valence-electron chi connectivity index (χ0n) is 12.2. The van der Waals surface area contributed by atoms with Crippen molar-refractivity contribution in [3.05, 3.63) is 65.9 Å². The smallest absolute Gasteiger partial charge is 0.241 e. The molecule has 118 valence electrons. The number of fused-ring (bicyclic) bond motifs is 2. The molecule has 1 aliphatic rings. The number of hydrogen-bond donors (Lipinski definition) is 3. The van der Waals surface area contributed by atoms with Crippen LogP contribution in [0.2, 0.25) is 0 Å². The Morgan fingerprint density at radius 2 is 1.78 bits per heavy atom. The highest BCUT2D eigenvalue weighted by atomic mass is 32.2. The fourth-order valence-corrected chi connectivity index (χ4v) is 4.70. The molecule has 0 saturated carbocycles. The van der Waals surface area contributed by atoms with E-state index in [9.17, 15) is 13.5 Å². The summed E-state index contributed by atoms with van der Waals surface area (Å²) in [5.41, 5.74) is 2.43. The first kappa shape index (κ1) is 14.4. The third-order valence-corrected chi connectivity index (χ3v) is 5.89. The van der Waals surface area contributed by atoms with E-state index in [2.05, 4.69) is 9.71 Å². The van der Waals surface area contributed by atoms with E-state index in [1.165, 1.54) is 6.07 Å². The molecule has 1 aliphatic heterocycles. The first-order valence-corrected chi connectivity index (χ1v) is 8.89. The number of nitrogens with one attached hydrogen (secondary N) is 2. The van der Waals surface area contributed by atoms with Crippen LogP contribution in [0.5, 0.6) is 0 Å². The van der Waals surface area contributed by atoms with Gasteiger partial charge in [-0.3, -0.25) is 0 Å². The topological polar surface area (TPSA) is 82.2 Å². The summed E-state index contributed by atoms with van der Waals surface area (Å²) < 4.78 is 27.4. The van der Waals surface area contributed by atoms with E-state index in [0.29, 0.717) is 12.0 Å². The molecule has 5 nitrogen and oxygen atoms in total. The highest BCUT2D eigenvalue weighted by Crippen LogP contribution is 2.32. The third-order valence-electron chi connectivity index (χ3n) is 4.33. The Morgan fingerprint density at radius 3 is 2.65 bits per heavy atom. The van der Waals surface area contributed by atoms with Crippen molar-refractivity contribution in [2.75, 3.05) is 0 Å². The number of H-pyrrole nitrogens is 1. The van der Waals surface area contributed by atoms with Gasteiger partial charge in [0.15, 0.2) is 0 Å². The standard InChI is InChI=1S/C17H16N2O3S/c20-17-13-6-2-4-8-16(13)23(21,22)19-15(17)9-11-10-18-14-7-3-1-5-12(11)14/h1-8,10,15,17-20H,9H2/t15-,17+/m1/s1. The molecular weight excluding hydrogens is 312 g/mol. The summed E-state index contributed by atoms with van der Waals surface area (Å²) >= 11 is 0. The monoisotopic (exact) mass is 328 g/mol. The molecule has 23 heavy (non-hydrogen) atoms. The molecule has 2 atom stereocenters. The van der Waals surface area contributed by atoms with Crippen molar-refractivity contribution in [1.29, 1.82) is 0 Å². The Kier molecular flexibility index (Phi) is 3.26. The molecule has 0 saturated heterocycles. The maximum absolute atomic E-state index is 12.4. The lowest BCUT2D eigenvalue weighted by Gasteiger charge is -2.30. The highest BCUT2D eigenvalue weighted by molar-refractivity contribution is 7.89. The van der Waals surface area contributed by atoms with Crippen molar-refractivity contribution in [2.45, 2.75) is 23.5 Å². The average molecular weight is 328 g/mol. The lowest BCUT2D eigenvalue weighted by molar-refractivity contribution is 0.132. The summed E-state index contributed by atoms with van der Waals surface area (Å²) in [6.07, 6.45) is 1.41. The maximum Gasteiger partial charge on any atom is 0.241 e.